The van der Waals surface area contributed by atoms with Crippen LogP contribution in [-0.2, 0) is 4.74 Å². The molecule has 22 heavy (non-hydrogen) atoms. The summed E-state index contributed by atoms with van der Waals surface area (Å²) in [6.45, 7) is 3.03. The van der Waals surface area contributed by atoms with E-state index >= 15 is 0 Å². The van der Waals surface area contributed by atoms with Crippen molar-refractivity contribution in [1.29, 1.82) is 0 Å². The van der Waals surface area contributed by atoms with Gasteiger partial charge in [0.2, 0.25) is 0 Å². The molecule has 2 N–H and O–H groups in total. The fourth-order valence-electron chi connectivity index (χ4n) is 2.74. The summed E-state index contributed by atoms with van der Waals surface area (Å²) in [6, 6.07) is 1.98. The van der Waals surface area contributed by atoms with E-state index in [-0.39, 0.29) is 11.9 Å². The van der Waals surface area contributed by atoms with E-state index in [1.54, 1.807) is 20.1 Å². The monoisotopic (exact) mass is 306 g/mol. The summed E-state index contributed by atoms with van der Waals surface area (Å²) in [5.74, 6) is 1.15. The Balaban J connectivity index is 1.98. The molecule has 0 atom stereocenters. The molecule has 0 radical (unpaired) electrons. The molecule has 122 valence electrons. The van der Waals surface area contributed by atoms with E-state index in [2.05, 4.69) is 20.6 Å². The average Bonchev–Trinajstić information content (AvgIpc) is 2.75. The number of rotatable bonds is 6. The van der Waals surface area contributed by atoms with Gasteiger partial charge in [0.1, 0.15) is 17.3 Å². The van der Waals surface area contributed by atoms with Gasteiger partial charge in [-0.25, -0.2) is 9.97 Å². The number of aryl methyl sites for hydroxylation is 1. The van der Waals surface area contributed by atoms with Crippen LogP contribution < -0.4 is 10.6 Å². The number of amides is 1. The fraction of sp³-hybridized carbons (Fsp3) is 0.688. The molecule has 1 heterocycles. The Hall–Kier alpha value is -1.69. The highest BCUT2D eigenvalue weighted by atomic mass is 16.5. The zero-order chi connectivity index (χ0) is 15.8. The Morgan fingerprint density at radius 1 is 1.27 bits per heavy atom. The first-order valence-corrected chi connectivity index (χ1v) is 8.08. The van der Waals surface area contributed by atoms with Crippen molar-refractivity contribution in [2.75, 3.05) is 25.6 Å². The molecule has 0 aromatic carbocycles. The zero-order valence-corrected chi connectivity index (χ0v) is 13.5. The van der Waals surface area contributed by atoms with Crippen LogP contribution in [0.2, 0.25) is 0 Å². The van der Waals surface area contributed by atoms with E-state index in [1.807, 2.05) is 0 Å². The van der Waals surface area contributed by atoms with Crippen LogP contribution in [0.1, 0.15) is 54.8 Å². The summed E-state index contributed by atoms with van der Waals surface area (Å²) in [4.78, 5) is 21.0. The van der Waals surface area contributed by atoms with Crippen molar-refractivity contribution in [1.82, 2.24) is 15.3 Å². The van der Waals surface area contributed by atoms with Gasteiger partial charge in [-0.05, 0) is 19.8 Å². The lowest BCUT2D eigenvalue weighted by atomic mass is 10.1. The van der Waals surface area contributed by atoms with Gasteiger partial charge in [0.15, 0.2) is 0 Å². The fourth-order valence-corrected chi connectivity index (χ4v) is 2.74. The first-order valence-electron chi connectivity index (χ1n) is 8.08. The topological polar surface area (TPSA) is 76.1 Å². The molecule has 0 bridgehead atoms. The SMILES string of the molecule is COCCNc1cc(C(=O)NC2CCCCCC2)nc(C)n1. The predicted octanol–water partition coefficient (Wildman–Crippen LogP) is 2.30. The second-order valence-electron chi connectivity index (χ2n) is 5.77. The Kier molecular flexibility index (Phi) is 6.58. The van der Waals surface area contributed by atoms with Crippen molar-refractivity contribution < 1.29 is 9.53 Å². The van der Waals surface area contributed by atoms with Crippen molar-refractivity contribution in [3.8, 4) is 0 Å². The third-order valence-corrected chi connectivity index (χ3v) is 3.87. The van der Waals surface area contributed by atoms with Crippen LogP contribution in [0.4, 0.5) is 5.82 Å². The Bertz CT molecular complexity index is 485. The minimum absolute atomic E-state index is 0.104. The largest absolute Gasteiger partial charge is 0.383 e. The van der Waals surface area contributed by atoms with Crippen LogP contribution in [0.15, 0.2) is 6.07 Å². The molecule has 0 aliphatic heterocycles. The second-order valence-corrected chi connectivity index (χ2v) is 5.77. The maximum Gasteiger partial charge on any atom is 0.270 e. The van der Waals surface area contributed by atoms with Gasteiger partial charge in [0, 0.05) is 25.8 Å². The Morgan fingerprint density at radius 2 is 2.00 bits per heavy atom. The highest BCUT2D eigenvalue weighted by Crippen LogP contribution is 2.17. The van der Waals surface area contributed by atoms with Gasteiger partial charge in [0.25, 0.3) is 5.91 Å². The smallest absolute Gasteiger partial charge is 0.270 e. The van der Waals surface area contributed by atoms with Crippen molar-refractivity contribution in [2.45, 2.75) is 51.5 Å². The number of hydrogen-bond acceptors (Lipinski definition) is 5. The maximum atomic E-state index is 12.4. The molecule has 0 saturated heterocycles. The Morgan fingerprint density at radius 3 is 2.68 bits per heavy atom. The Labute approximate surface area is 132 Å². The van der Waals surface area contributed by atoms with Crippen LogP contribution in [0.5, 0.6) is 0 Å². The van der Waals surface area contributed by atoms with Crippen molar-refractivity contribution in [3.05, 3.63) is 17.6 Å². The van der Waals surface area contributed by atoms with Crippen LogP contribution in [0.3, 0.4) is 0 Å². The molecule has 2 rings (SSSR count). The molecular formula is C16H26N4O2. The molecule has 6 nitrogen and oxygen atoms in total. The molecule has 1 aromatic rings. The number of ether oxygens (including phenoxy) is 1. The second kappa shape index (κ2) is 8.68. The maximum absolute atomic E-state index is 12.4. The highest BCUT2D eigenvalue weighted by Gasteiger charge is 2.17. The summed E-state index contributed by atoms with van der Waals surface area (Å²) < 4.78 is 5.00. The quantitative estimate of drug-likeness (QED) is 0.623. The third kappa shape index (κ3) is 5.26. The molecule has 0 spiro atoms. The van der Waals surface area contributed by atoms with Gasteiger partial charge in [0.05, 0.1) is 6.61 Å². The minimum Gasteiger partial charge on any atom is -0.383 e. The number of carbonyl (C=O) groups excluding carboxylic acids is 1. The molecule has 1 aliphatic carbocycles. The molecule has 0 unspecified atom stereocenters. The van der Waals surface area contributed by atoms with Gasteiger partial charge in [-0.3, -0.25) is 4.79 Å². The van der Waals surface area contributed by atoms with Gasteiger partial charge < -0.3 is 15.4 Å². The molecule has 1 aromatic heterocycles. The van der Waals surface area contributed by atoms with E-state index in [0.717, 1.165) is 12.8 Å². The lowest BCUT2D eigenvalue weighted by Crippen LogP contribution is -2.35. The minimum atomic E-state index is -0.104. The van der Waals surface area contributed by atoms with Gasteiger partial charge in [-0.2, -0.15) is 0 Å². The third-order valence-electron chi connectivity index (χ3n) is 3.87. The van der Waals surface area contributed by atoms with E-state index in [4.69, 9.17) is 4.74 Å². The van der Waals surface area contributed by atoms with Crippen LogP contribution in [-0.4, -0.2) is 42.2 Å². The zero-order valence-electron chi connectivity index (χ0n) is 13.5. The van der Waals surface area contributed by atoms with E-state index in [1.165, 1.54) is 25.7 Å². The number of nitrogens with one attached hydrogen (secondary N) is 2. The number of aromatic nitrogens is 2. The molecular weight excluding hydrogens is 280 g/mol. The van der Waals surface area contributed by atoms with E-state index < -0.39 is 0 Å². The van der Waals surface area contributed by atoms with Crippen LogP contribution >= 0.6 is 0 Å². The van der Waals surface area contributed by atoms with Gasteiger partial charge in [-0.15, -0.1) is 0 Å². The summed E-state index contributed by atoms with van der Waals surface area (Å²) >= 11 is 0. The highest BCUT2D eigenvalue weighted by molar-refractivity contribution is 5.93. The number of carbonyl (C=O) groups is 1. The molecule has 1 aliphatic rings. The molecule has 1 amide bonds. The van der Waals surface area contributed by atoms with E-state index in [9.17, 15) is 4.79 Å². The van der Waals surface area contributed by atoms with Crippen LogP contribution in [0, 0.1) is 6.92 Å². The average molecular weight is 306 g/mol. The van der Waals surface area contributed by atoms with Crippen molar-refractivity contribution in [2.24, 2.45) is 0 Å². The molecule has 6 heteroatoms. The normalized spacial score (nSPS) is 16.1. The summed E-state index contributed by atoms with van der Waals surface area (Å²) in [7, 11) is 1.65. The van der Waals surface area contributed by atoms with Crippen LogP contribution in [0.25, 0.3) is 0 Å². The first-order chi connectivity index (χ1) is 10.7. The summed E-state index contributed by atoms with van der Waals surface area (Å²) in [5, 5.41) is 6.25. The van der Waals surface area contributed by atoms with Gasteiger partial charge >= 0.3 is 0 Å². The number of anilines is 1. The predicted molar refractivity (Wildman–Crippen MR) is 86.1 cm³/mol. The lowest BCUT2D eigenvalue weighted by Gasteiger charge is -2.16. The standard InChI is InChI=1S/C16H26N4O2/c1-12-18-14(11-15(19-12)17-9-10-22-2)16(21)20-13-7-5-3-4-6-8-13/h11,13H,3-10H2,1-2H3,(H,20,21)(H,17,18,19). The van der Waals surface area contributed by atoms with E-state index in [0.29, 0.717) is 30.5 Å². The number of hydrogen-bond donors (Lipinski definition) is 2. The number of nitrogens with zero attached hydrogens (tertiary/aromatic N) is 2. The van der Waals surface area contributed by atoms with Crippen molar-refractivity contribution >= 4 is 11.7 Å². The van der Waals surface area contributed by atoms with Crippen molar-refractivity contribution in [3.63, 3.8) is 0 Å². The molecule has 1 saturated carbocycles. The lowest BCUT2D eigenvalue weighted by molar-refractivity contribution is 0.0928. The first kappa shape index (κ1) is 16.7. The summed E-state index contributed by atoms with van der Waals surface area (Å²) in [6.07, 6.45) is 7.05. The molecule has 1 fully saturated rings. The van der Waals surface area contributed by atoms with Gasteiger partial charge in [-0.1, -0.05) is 25.7 Å². The number of methoxy groups -OCH3 is 1. The summed E-state index contributed by atoms with van der Waals surface area (Å²) in [5.41, 5.74) is 0.427.